The molecule has 18 heavy (non-hydrogen) atoms. The van der Waals surface area contributed by atoms with E-state index in [2.05, 4.69) is 0 Å². The Bertz CT molecular complexity index is 582. The van der Waals surface area contributed by atoms with Gasteiger partial charge in [-0.1, -0.05) is 6.07 Å². The molecule has 92 valence electrons. The zero-order chi connectivity index (χ0) is 13.1. The standard InChI is InChI=1S/C13H10F2N2O/c14-8-4-6-9(7-5-8)18-11-3-1-2-10(15)12(11)13(16)17/h1-7H,(H3,16,17). The lowest BCUT2D eigenvalue weighted by Gasteiger charge is -2.10. The average Bonchev–Trinajstić information content (AvgIpc) is 2.32. The van der Waals surface area contributed by atoms with Gasteiger partial charge in [-0.15, -0.1) is 0 Å². The van der Waals surface area contributed by atoms with Crippen molar-refractivity contribution < 1.29 is 13.5 Å². The van der Waals surface area contributed by atoms with Crippen LogP contribution < -0.4 is 10.5 Å². The van der Waals surface area contributed by atoms with Gasteiger partial charge in [0.2, 0.25) is 0 Å². The van der Waals surface area contributed by atoms with E-state index in [0.29, 0.717) is 5.75 Å². The molecule has 0 bridgehead atoms. The molecule has 0 saturated heterocycles. The maximum atomic E-state index is 13.5. The van der Waals surface area contributed by atoms with Gasteiger partial charge in [0.15, 0.2) is 0 Å². The molecule has 2 rings (SSSR count). The Morgan fingerprint density at radius 1 is 1.06 bits per heavy atom. The molecule has 2 aromatic carbocycles. The lowest BCUT2D eigenvalue weighted by molar-refractivity contribution is 0.473. The molecule has 0 aliphatic heterocycles. The zero-order valence-corrected chi connectivity index (χ0v) is 9.28. The highest BCUT2D eigenvalue weighted by molar-refractivity contribution is 5.98. The first-order valence-corrected chi connectivity index (χ1v) is 5.14. The van der Waals surface area contributed by atoms with Crippen LogP contribution in [-0.4, -0.2) is 5.84 Å². The Hall–Kier alpha value is -2.43. The van der Waals surface area contributed by atoms with Crippen molar-refractivity contribution in [1.29, 1.82) is 5.41 Å². The van der Waals surface area contributed by atoms with E-state index in [4.69, 9.17) is 15.9 Å². The molecule has 3 N–H and O–H groups in total. The Balaban J connectivity index is 2.37. The van der Waals surface area contributed by atoms with Crippen LogP contribution in [0.3, 0.4) is 0 Å². The van der Waals surface area contributed by atoms with Crippen molar-refractivity contribution >= 4 is 5.84 Å². The van der Waals surface area contributed by atoms with Gasteiger partial charge in [0, 0.05) is 0 Å². The maximum Gasteiger partial charge on any atom is 0.141 e. The highest BCUT2D eigenvalue weighted by Crippen LogP contribution is 2.26. The summed E-state index contributed by atoms with van der Waals surface area (Å²) in [7, 11) is 0. The number of nitrogens with two attached hydrogens (primary N) is 1. The summed E-state index contributed by atoms with van der Waals surface area (Å²) in [6, 6.07) is 9.39. The summed E-state index contributed by atoms with van der Waals surface area (Å²) in [6.45, 7) is 0. The van der Waals surface area contributed by atoms with E-state index in [9.17, 15) is 8.78 Å². The van der Waals surface area contributed by atoms with E-state index < -0.39 is 17.5 Å². The van der Waals surface area contributed by atoms with E-state index in [1.807, 2.05) is 0 Å². The maximum absolute atomic E-state index is 13.5. The summed E-state index contributed by atoms with van der Waals surface area (Å²) < 4.78 is 31.6. The monoisotopic (exact) mass is 248 g/mol. The van der Waals surface area contributed by atoms with Crippen LogP contribution in [0.15, 0.2) is 42.5 Å². The van der Waals surface area contributed by atoms with Crippen molar-refractivity contribution in [3.8, 4) is 11.5 Å². The van der Waals surface area contributed by atoms with Gasteiger partial charge >= 0.3 is 0 Å². The van der Waals surface area contributed by atoms with Gasteiger partial charge in [-0.05, 0) is 36.4 Å². The number of nitrogen functional groups attached to an aromatic ring is 1. The van der Waals surface area contributed by atoms with Crippen LogP contribution in [0, 0.1) is 17.0 Å². The van der Waals surface area contributed by atoms with Crippen molar-refractivity contribution in [2.24, 2.45) is 5.73 Å². The van der Waals surface area contributed by atoms with E-state index in [1.165, 1.54) is 42.5 Å². The molecule has 0 atom stereocenters. The molecule has 0 aromatic heterocycles. The van der Waals surface area contributed by atoms with E-state index in [-0.39, 0.29) is 11.3 Å². The summed E-state index contributed by atoms with van der Waals surface area (Å²) in [5, 5.41) is 7.31. The third kappa shape index (κ3) is 2.45. The van der Waals surface area contributed by atoms with Crippen molar-refractivity contribution in [2.45, 2.75) is 0 Å². The molecule has 0 aliphatic carbocycles. The first-order valence-electron chi connectivity index (χ1n) is 5.14. The summed E-state index contributed by atoms with van der Waals surface area (Å²) in [4.78, 5) is 0. The van der Waals surface area contributed by atoms with Crippen LogP contribution in [0.1, 0.15) is 5.56 Å². The number of amidine groups is 1. The number of benzene rings is 2. The highest BCUT2D eigenvalue weighted by atomic mass is 19.1. The Labute approximate surface area is 102 Å². The molecular formula is C13H10F2N2O. The lowest BCUT2D eigenvalue weighted by atomic mass is 10.1. The van der Waals surface area contributed by atoms with Gasteiger partial charge in [-0.25, -0.2) is 8.78 Å². The largest absolute Gasteiger partial charge is 0.456 e. The van der Waals surface area contributed by atoms with Crippen LogP contribution in [0.5, 0.6) is 11.5 Å². The van der Waals surface area contributed by atoms with Crippen LogP contribution in [0.4, 0.5) is 8.78 Å². The first kappa shape index (κ1) is 12.0. The van der Waals surface area contributed by atoms with Crippen molar-refractivity contribution in [3.05, 3.63) is 59.7 Å². The minimum atomic E-state index is -0.637. The van der Waals surface area contributed by atoms with E-state index in [0.717, 1.165) is 0 Å². The van der Waals surface area contributed by atoms with Crippen molar-refractivity contribution in [2.75, 3.05) is 0 Å². The van der Waals surface area contributed by atoms with Gasteiger partial charge in [0.1, 0.15) is 29.0 Å². The summed E-state index contributed by atoms with van der Waals surface area (Å²) in [6.07, 6.45) is 0. The molecule has 2 aromatic rings. The summed E-state index contributed by atoms with van der Waals surface area (Å²) in [5.41, 5.74) is 5.19. The second-order valence-electron chi connectivity index (χ2n) is 3.58. The molecule has 0 fully saturated rings. The van der Waals surface area contributed by atoms with Gasteiger partial charge in [-0.2, -0.15) is 0 Å². The van der Waals surface area contributed by atoms with Gasteiger partial charge in [0.05, 0.1) is 5.56 Å². The predicted octanol–water partition coefficient (Wildman–Crippen LogP) is 3.04. The third-order valence-corrected chi connectivity index (χ3v) is 2.29. The van der Waals surface area contributed by atoms with Gasteiger partial charge in [-0.3, -0.25) is 5.41 Å². The number of hydrogen-bond donors (Lipinski definition) is 2. The fourth-order valence-corrected chi connectivity index (χ4v) is 1.48. The second-order valence-corrected chi connectivity index (χ2v) is 3.58. The quantitative estimate of drug-likeness (QED) is 0.647. The number of rotatable bonds is 3. The fourth-order valence-electron chi connectivity index (χ4n) is 1.48. The van der Waals surface area contributed by atoms with Crippen LogP contribution >= 0.6 is 0 Å². The topological polar surface area (TPSA) is 59.1 Å². The van der Waals surface area contributed by atoms with Crippen LogP contribution in [0.2, 0.25) is 0 Å². The SMILES string of the molecule is N=C(N)c1c(F)cccc1Oc1ccc(F)cc1. The molecule has 0 spiro atoms. The Morgan fingerprint density at radius 3 is 2.33 bits per heavy atom. The zero-order valence-electron chi connectivity index (χ0n) is 9.28. The fraction of sp³-hybridized carbons (Fsp3) is 0. The number of hydrogen-bond acceptors (Lipinski definition) is 2. The molecule has 0 heterocycles. The highest BCUT2D eigenvalue weighted by Gasteiger charge is 2.13. The third-order valence-electron chi connectivity index (χ3n) is 2.29. The number of halogens is 2. The average molecular weight is 248 g/mol. The predicted molar refractivity (Wildman–Crippen MR) is 63.9 cm³/mol. The minimum absolute atomic E-state index is 0.109. The molecule has 0 unspecified atom stereocenters. The molecule has 0 amide bonds. The van der Waals surface area contributed by atoms with E-state index >= 15 is 0 Å². The molecule has 0 aliphatic rings. The lowest BCUT2D eigenvalue weighted by Crippen LogP contribution is -2.14. The molecule has 0 saturated carbocycles. The van der Waals surface area contributed by atoms with Crippen molar-refractivity contribution in [1.82, 2.24) is 0 Å². The number of nitrogens with one attached hydrogen (secondary N) is 1. The van der Waals surface area contributed by atoms with Crippen LogP contribution in [-0.2, 0) is 0 Å². The Morgan fingerprint density at radius 2 is 1.72 bits per heavy atom. The normalized spacial score (nSPS) is 10.1. The Kier molecular flexibility index (Phi) is 3.23. The number of ether oxygens (including phenoxy) is 1. The molecule has 0 radical (unpaired) electrons. The second kappa shape index (κ2) is 4.83. The van der Waals surface area contributed by atoms with Crippen LogP contribution in [0.25, 0.3) is 0 Å². The van der Waals surface area contributed by atoms with Gasteiger partial charge < -0.3 is 10.5 Å². The first-order chi connectivity index (χ1) is 8.58. The molecule has 5 heteroatoms. The van der Waals surface area contributed by atoms with Crippen molar-refractivity contribution in [3.63, 3.8) is 0 Å². The summed E-state index contributed by atoms with van der Waals surface area (Å²) >= 11 is 0. The minimum Gasteiger partial charge on any atom is -0.456 e. The van der Waals surface area contributed by atoms with Gasteiger partial charge in [0.25, 0.3) is 0 Å². The smallest absolute Gasteiger partial charge is 0.141 e. The summed E-state index contributed by atoms with van der Waals surface area (Å²) in [5.74, 6) is -1.00. The molecular weight excluding hydrogens is 238 g/mol. The molecule has 3 nitrogen and oxygen atoms in total. The van der Waals surface area contributed by atoms with E-state index in [1.54, 1.807) is 0 Å².